The molecule has 1 nitrogen and oxygen atoms in total. The number of nitrogens with zero attached hydrogens (tertiary/aromatic N) is 1. The molecule has 1 rings (SSSR count). The first-order chi connectivity index (χ1) is 3.30. The minimum Gasteiger partial charge on any atom is -0.358 e. The third-order valence-corrected chi connectivity index (χ3v) is 1.62. The van der Waals surface area contributed by atoms with Crippen LogP contribution in [0.5, 0.6) is 0 Å². The molecule has 0 bridgehead atoms. The van der Waals surface area contributed by atoms with Crippen molar-refractivity contribution in [2.75, 3.05) is 13.1 Å². The zero-order valence-electron chi connectivity index (χ0n) is 9.13. The Bertz CT molecular complexity index is 65.9. The molecule has 0 saturated carbocycles. The summed E-state index contributed by atoms with van der Waals surface area (Å²) in [5, 5.41) is 0. The minimum atomic E-state index is 0. The molecule has 0 amide bonds. The Morgan fingerprint density at radius 1 is 1.00 bits per heavy atom. The maximum atomic E-state index is 2.47. The van der Waals surface area contributed by atoms with Crippen LogP contribution in [0.25, 0.3) is 0 Å². The summed E-state index contributed by atoms with van der Waals surface area (Å²) >= 11 is 0. The van der Waals surface area contributed by atoms with Crippen LogP contribution in [0.3, 0.4) is 0 Å². The van der Waals surface area contributed by atoms with Gasteiger partial charge >= 0.3 is 0 Å². The van der Waals surface area contributed by atoms with Crippen LogP contribution in [0.15, 0.2) is 0 Å². The second-order valence-corrected chi connectivity index (χ2v) is 2.48. The van der Waals surface area contributed by atoms with Crippen molar-refractivity contribution in [1.29, 1.82) is 0 Å². The molecule has 0 unspecified atom stereocenters. The van der Waals surface area contributed by atoms with E-state index in [2.05, 4.69) is 18.7 Å². The van der Waals surface area contributed by atoms with Gasteiger partial charge in [-0.05, 0) is 33.4 Å². The molecule has 1 radical (unpaired) electrons. The Balaban J connectivity index is -0.0000000204. The van der Waals surface area contributed by atoms with E-state index in [9.17, 15) is 0 Å². The van der Waals surface area contributed by atoms with Gasteiger partial charge in [-0.25, -0.2) is 0 Å². The molecular formula is C10H26NWY-3. The van der Waals surface area contributed by atoms with Crippen LogP contribution in [-0.2, 0) is 53.8 Å². The summed E-state index contributed by atoms with van der Waals surface area (Å²) in [6, 6.07) is 0.786. The number of hydrogen-bond donors (Lipinski definition) is 0. The van der Waals surface area contributed by atoms with E-state index >= 15 is 0 Å². The Hall–Kier alpha value is 1.75. The van der Waals surface area contributed by atoms with Crippen molar-refractivity contribution < 1.29 is 53.8 Å². The van der Waals surface area contributed by atoms with E-state index in [1.807, 2.05) is 0 Å². The summed E-state index contributed by atoms with van der Waals surface area (Å²) in [6.45, 7) is 7.16. The summed E-state index contributed by atoms with van der Waals surface area (Å²) in [5.74, 6) is 0. The predicted molar refractivity (Wildman–Crippen MR) is 57.3 cm³/mol. The van der Waals surface area contributed by atoms with Crippen molar-refractivity contribution in [2.24, 2.45) is 0 Å². The largest absolute Gasteiger partial charge is 0.358 e. The van der Waals surface area contributed by atoms with Gasteiger partial charge in [-0.3, -0.25) is 0 Å². The van der Waals surface area contributed by atoms with Gasteiger partial charge in [-0.1, -0.05) is 7.43 Å². The van der Waals surface area contributed by atoms with Crippen LogP contribution in [0.1, 0.15) is 27.7 Å². The molecule has 13 heavy (non-hydrogen) atoms. The molecule has 1 fully saturated rings. The van der Waals surface area contributed by atoms with Crippen LogP contribution < -0.4 is 0 Å². The molecular weight excluding hydrogens is 407 g/mol. The molecule has 0 N–H and O–H groups in total. The quantitative estimate of drug-likeness (QED) is 0.575. The van der Waals surface area contributed by atoms with Gasteiger partial charge in [-0.15, -0.1) is 0 Å². The van der Waals surface area contributed by atoms with Gasteiger partial charge in [0, 0.05) is 59.8 Å². The van der Waals surface area contributed by atoms with Gasteiger partial charge in [0.05, 0.1) is 0 Å². The van der Waals surface area contributed by atoms with E-state index in [0.29, 0.717) is 0 Å². The van der Waals surface area contributed by atoms with Gasteiger partial charge in [-0.2, -0.15) is 0 Å². The van der Waals surface area contributed by atoms with E-state index in [0.717, 1.165) is 6.04 Å². The molecule has 0 aromatic carbocycles. The van der Waals surface area contributed by atoms with Crippen LogP contribution in [0, 0.1) is 22.3 Å². The average molecular weight is 433 g/mol. The van der Waals surface area contributed by atoms with Gasteiger partial charge in [0.1, 0.15) is 0 Å². The van der Waals surface area contributed by atoms with Crippen LogP contribution >= 0.6 is 0 Å². The van der Waals surface area contributed by atoms with Crippen molar-refractivity contribution >= 4 is 0 Å². The van der Waals surface area contributed by atoms with Crippen LogP contribution in [0.2, 0.25) is 0 Å². The SMILES string of the molecule is C.CC(C)N1CCC1.[CH3-].[CH3-].[CH3-].[W].[Y]. The molecule has 1 aliphatic heterocycles. The molecule has 0 aliphatic carbocycles. The van der Waals surface area contributed by atoms with Crippen molar-refractivity contribution in [2.45, 2.75) is 33.7 Å². The molecule has 1 saturated heterocycles. The molecule has 0 atom stereocenters. The van der Waals surface area contributed by atoms with Gasteiger partial charge in [0.15, 0.2) is 0 Å². The summed E-state index contributed by atoms with van der Waals surface area (Å²) in [6.07, 6.45) is 1.41. The summed E-state index contributed by atoms with van der Waals surface area (Å²) in [7, 11) is 0. The van der Waals surface area contributed by atoms with E-state index < -0.39 is 0 Å². The Morgan fingerprint density at radius 3 is 1.31 bits per heavy atom. The van der Waals surface area contributed by atoms with Gasteiger partial charge in [0.2, 0.25) is 0 Å². The maximum Gasteiger partial charge on any atom is 0.00386 e. The third-order valence-electron chi connectivity index (χ3n) is 1.62. The maximum absolute atomic E-state index is 2.47. The third kappa shape index (κ3) is 13.8. The smallest absolute Gasteiger partial charge is 0.00386 e. The first-order valence-corrected chi connectivity index (χ1v) is 3.05. The topological polar surface area (TPSA) is 3.24 Å². The van der Waals surface area contributed by atoms with Gasteiger partial charge < -0.3 is 27.2 Å². The first kappa shape index (κ1) is 36.4. The standard InChI is InChI=1S/C6H13N.CH4.3CH3.W.Y/c1-6(2)7-4-3-5-7;;;;;;/h6H,3-5H2,1-2H3;1H4;3*1H3;;/q;;3*-1;;. The molecule has 0 spiro atoms. The zero-order chi connectivity index (χ0) is 5.28. The van der Waals surface area contributed by atoms with E-state index in [1.54, 1.807) is 0 Å². The number of hydrogen-bond acceptors (Lipinski definition) is 1. The fourth-order valence-corrected chi connectivity index (χ4v) is 0.857. The fourth-order valence-electron chi connectivity index (χ4n) is 0.857. The molecule has 0 aromatic rings. The zero-order valence-corrected chi connectivity index (χ0v) is 14.9. The molecule has 83 valence electrons. The minimum absolute atomic E-state index is 0. The van der Waals surface area contributed by atoms with Crippen LogP contribution in [-0.4, -0.2) is 24.0 Å². The summed E-state index contributed by atoms with van der Waals surface area (Å²) in [5.41, 5.74) is 0. The van der Waals surface area contributed by atoms with Gasteiger partial charge in [0.25, 0.3) is 0 Å². The Kier molecular flexibility index (Phi) is 54.2. The average Bonchev–Trinajstić information content (AvgIpc) is 1.23. The van der Waals surface area contributed by atoms with Crippen molar-refractivity contribution in [3.8, 4) is 0 Å². The normalized spacial score (nSPS) is 12.2. The van der Waals surface area contributed by atoms with Crippen molar-refractivity contribution in [3.63, 3.8) is 0 Å². The summed E-state index contributed by atoms with van der Waals surface area (Å²) < 4.78 is 0. The molecule has 1 heterocycles. The second kappa shape index (κ2) is 19.3. The molecule has 3 heteroatoms. The fraction of sp³-hybridized carbons (Fsp3) is 0.700. The Labute approximate surface area is 127 Å². The Morgan fingerprint density at radius 2 is 1.31 bits per heavy atom. The monoisotopic (exact) mass is 433 g/mol. The van der Waals surface area contributed by atoms with E-state index in [-0.39, 0.29) is 83.5 Å². The second-order valence-electron chi connectivity index (χ2n) is 2.48. The van der Waals surface area contributed by atoms with Crippen LogP contribution in [0.4, 0.5) is 0 Å². The predicted octanol–water partition coefficient (Wildman–Crippen LogP) is 3.08. The molecule has 1 aliphatic rings. The van der Waals surface area contributed by atoms with Crippen molar-refractivity contribution in [1.82, 2.24) is 4.90 Å². The van der Waals surface area contributed by atoms with Crippen molar-refractivity contribution in [3.05, 3.63) is 22.3 Å². The number of rotatable bonds is 1. The van der Waals surface area contributed by atoms with E-state index in [4.69, 9.17) is 0 Å². The number of likely N-dealkylation sites (tertiary alicyclic amines) is 1. The summed E-state index contributed by atoms with van der Waals surface area (Å²) in [4.78, 5) is 2.47. The molecule has 0 aromatic heterocycles. The first-order valence-electron chi connectivity index (χ1n) is 3.05. The van der Waals surface area contributed by atoms with E-state index in [1.165, 1.54) is 19.5 Å².